The van der Waals surface area contributed by atoms with Crippen LogP contribution in [0.15, 0.2) is 65.6 Å². The first-order valence-electron chi connectivity index (χ1n) is 9.70. The lowest BCUT2D eigenvalue weighted by atomic mass is 10.0. The maximum atomic E-state index is 13.0. The molecular weight excluding hydrogens is 358 g/mol. The molecule has 1 amide bonds. The molecule has 0 N–H and O–H groups in total. The number of carbonyl (C=O) groups excluding carboxylic acids is 1. The summed E-state index contributed by atoms with van der Waals surface area (Å²) in [7, 11) is -3.33. The zero-order chi connectivity index (χ0) is 18.9. The van der Waals surface area contributed by atoms with Crippen molar-refractivity contribution in [2.45, 2.75) is 60.8 Å². The molecule has 142 valence electrons. The Hall–Kier alpha value is -2.14. The monoisotopic (exact) mass is 383 g/mol. The Morgan fingerprint density at radius 1 is 0.889 bits per heavy atom. The van der Waals surface area contributed by atoms with Crippen LogP contribution in [-0.4, -0.2) is 36.6 Å². The number of hydrogen-bond acceptors (Lipinski definition) is 3. The number of fused-ring (bicyclic) bond motifs is 2. The molecule has 4 nitrogen and oxygen atoms in total. The van der Waals surface area contributed by atoms with Crippen molar-refractivity contribution in [1.29, 1.82) is 0 Å². The molecule has 2 saturated heterocycles. The highest BCUT2D eigenvalue weighted by Crippen LogP contribution is 2.40. The summed E-state index contributed by atoms with van der Waals surface area (Å²) in [5.41, 5.74) is 1.17. The van der Waals surface area contributed by atoms with Crippen molar-refractivity contribution in [3.63, 3.8) is 0 Å². The van der Waals surface area contributed by atoms with Gasteiger partial charge in [-0.15, -0.1) is 0 Å². The van der Waals surface area contributed by atoms with E-state index in [-0.39, 0.29) is 23.2 Å². The Morgan fingerprint density at radius 2 is 1.44 bits per heavy atom. The van der Waals surface area contributed by atoms with Crippen LogP contribution in [-0.2, 0) is 21.1 Å². The van der Waals surface area contributed by atoms with Gasteiger partial charge in [0.1, 0.15) is 0 Å². The third kappa shape index (κ3) is 3.65. The van der Waals surface area contributed by atoms with Crippen molar-refractivity contribution in [2.75, 3.05) is 0 Å². The lowest BCUT2D eigenvalue weighted by Gasteiger charge is -2.38. The lowest BCUT2D eigenvalue weighted by molar-refractivity contribution is -0.135. The number of aryl methyl sites for hydroxylation is 1. The second kappa shape index (κ2) is 7.47. The fourth-order valence-electron chi connectivity index (χ4n) is 4.62. The minimum atomic E-state index is -3.33. The van der Waals surface area contributed by atoms with E-state index in [0.29, 0.717) is 24.2 Å². The lowest BCUT2D eigenvalue weighted by Crippen LogP contribution is -2.49. The van der Waals surface area contributed by atoms with Crippen LogP contribution in [0.4, 0.5) is 0 Å². The smallest absolute Gasteiger partial charge is 0.223 e. The second-order valence-electron chi connectivity index (χ2n) is 7.62. The molecule has 2 heterocycles. The number of hydrogen-bond donors (Lipinski definition) is 0. The van der Waals surface area contributed by atoms with Crippen LogP contribution in [0.1, 0.15) is 37.7 Å². The Bertz CT molecular complexity index is 882. The third-order valence-electron chi connectivity index (χ3n) is 5.96. The van der Waals surface area contributed by atoms with Crippen molar-refractivity contribution in [3.05, 3.63) is 66.2 Å². The van der Waals surface area contributed by atoms with Crippen LogP contribution in [0.3, 0.4) is 0 Å². The quantitative estimate of drug-likeness (QED) is 0.792. The SMILES string of the molecule is O=C(CCc1ccccc1)N1C2CCC1CC(S(=O)(=O)c1ccccc1)C2. The van der Waals surface area contributed by atoms with E-state index in [4.69, 9.17) is 0 Å². The maximum absolute atomic E-state index is 13.0. The fraction of sp³-hybridized carbons (Fsp3) is 0.409. The maximum Gasteiger partial charge on any atom is 0.223 e. The zero-order valence-electron chi connectivity index (χ0n) is 15.3. The Morgan fingerprint density at radius 3 is 2.04 bits per heavy atom. The van der Waals surface area contributed by atoms with Crippen molar-refractivity contribution in [2.24, 2.45) is 0 Å². The average Bonchev–Trinajstić information content (AvgIpc) is 2.97. The highest BCUT2D eigenvalue weighted by atomic mass is 32.2. The molecule has 2 aromatic carbocycles. The molecule has 2 fully saturated rings. The zero-order valence-corrected chi connectivity index (χ0v) is 16.1. The van der Waals surface area contributed by atoms with Gasteiger partial charge in [0, 0.05) is 18.5 Å². The van der Waals surface area contributed by atoms with Crippen molar-refractivity contribution < 1.29 is 13.2 Å². The van der Waals surface area contributed by atoms with Gasteiger partial charge in [-0.05, 0) is 49.8 Å². The first-order chi connectivity index (χ1) is 13.1. The molecular formula is C22H25NO3S. The van der Waals surface area contributed by atoms with Gasteiger partial charge in [0.25, 0.3) is 0 Å². The molecule has 2 atom stereocenters. The molecule has 2 aliphatic heterocycles. The summed E-state index contributed by atoms with van der Waals surface area (Å²) in [4.78, 5) is 15.2. The summed E-state index contributed by atoms with van der Waals surface area (Å²) in [5.74, 6) is 0.168. The van der Waals surface area contributed by atoms with Crippen LogP contribution in [0.5, 0.6) is 0 Å². The Balaban J connectivity index is 1.44. The summed E-state index contributed by atoms with van der Waals surface area (Å²) >= 11 is 0. The second-order valence-corrected chi connectivity index (χ2v) is 9.85. The number of benzene rings is 2. The molecule has 0 aromatic heterocycles. The molecule has 2 aliphatic rings. The molecule has 4 rings (SSSR count). The molecule has 27 heavy (non-hydrogen) atoms. The normalized spacial score (nSPS) is 24.7. The fourth-order valence-corrected chi connectivity index (χ4v) is 6.49. The third-order valence-corrected chi connectivity index (χ3v) is 8.15. The molecule has 5 heteroatoms. The summed E-state index contributed by atoms with van der Waals surface area (Å²) in [6.45, 7) is 0. The first-order valence-corrected chi connectivity index (χ1v) is 11.2. The van der Waals surface area contributed by atoms with Gasteiger partial charge >= 0.3 is 0 Å². The average molecular weight is 384 g/mol. The van der Waals surface area contributed by atoms with Crippen LogP contribution in [0.25, 0.3) is 0 Å². The van der Waals surface area contributed by atoms with Gasteiger partial charge in [-0.2, -0.15) is 0 Å². The Labute approximate surface area is 161 Å². The highest BCUT2D eigenvalue weighted by molar-refractivity contribution is 7.92. The van der Waals surface area contributed by atoms with E-state index in [1.165, 1.54) is 5.56 Å². The number of carbonyl (C=O) groups is 1. The van der Waals surface area contributed by atoms with E-state index in [0.717, 1.165) is 19.3 Å². The van der Waals surface area contributed by atoms with Gasteiger partial charge in [0.15, 0.2) is 9.84 Å². The van der Waals surface area contributed by atoms with E-state index in [2.05, 4.69) is 0 Å². The molecule has 0 radical (unpaired) electrons. The predicted molar refractivity (Wildman–Crippen MR) is 105 cm³/mol. The van der Waals surface area contributed by atoms with Gasteiger partial charge in [0.2, 0.25) is 5.91 Å². The van der Waals surface area contributed by atoms with Gasteiger partial charge in [-0.3, -0.25) is 4.79 Å². The van der Waals surface area contributed by atoms with E-state index >= 15 is 0 Å². The number of sulfone groups is 1. The van der Waals surface area contributed by atoms with Crippen LogP contribution in [0.2, 0.25) is 0 Å². The highest BCUT2D eigenvalue weighted by Gasteiger charge is 2.46. The summed E-state index contributed by atoms with van der Waals surface area (Å²) in [5, 5.41) is -0.379. The van der Waals surface area contributed by atoms with E-state index in [1.807, 2.05) is 41.3 Å². The summed E-state index contributed by atoms with van der Waals surface area (Å²) in [6, 6.07) is 18.9. The minimum absolute atomic E-state index is 0.0653. The first kappa shape index (κ1) is 18.2. The number of rotatable bonds is 5. The largest absolute Gasteiger partial charge is 0.337 e. The van der Waals surface area contributed by atoms with E-state index < -0.39 is 9.84 Å². The molecule has 0 spiro atoms. The van der Waals surface area contributed by atoms with Gasteiger partial charge < -0.3 is 4.90 Å². The van der Waals surface area contributed by atoms with Crippen LogP contribution in [0, 0.1) is 0 Å². The van der Waals surface area contributed by atoms with Gasteiger partial charge in [-0.1, -0.05) is 48.5 Å². The summed E-state index contributed by atoms with van der Waals surface area (Å²) in [6.07, 6.45) is 4.19. The molecule has 0 saturated carbocycles. The Kier molecular flexibility index (Phi) is 5.04. The molecule has 2 aromatic rings. The van der Waals surface area contributed by atoms with Crippen LogP contribution >= 0.6 is 0 Å². The minimum Gasteiger partial charge on any atom is -0.337 e. The van der Waals surface area contributed by atoms with Gasteiger partial charge in [0.05, 0.1) is 10.1 Å². The molecule has 2 unspecified atom stereocenters. The number of amides is 1. The van der Waals surface area contributed by atoms with Crippen molar-refractivity contribution >= 4 is 15.7 Å². The number of nitrogens with zero attached hydrogens (tertiary/aromatic N) is 1. The summed E-state index contributed by atoms with van der Waals surface area (Å²) < 4.78 is 26.0. The van der Waals surface area contributed by atoms with E-state index in [9.17, 15) is 13.2 Å². The van der Waals surface area contributed by atoms with Gasteiger partial charge in [-0.25, -0.2) is 8.42 Å². The molecule has 0 aliphatic carbocycles. The predicted octanol–water partition coefficient (Wildman–Crippen LogP) is 3.62. The van der Waals surface area contributed by atoms with Crippen LogP contribution < -0.4 is 0 Å². The van der Waals surface area contributed by atoms with E-state index in [1.54, 1.807) is 24.3 Å². The molecule has 2 bridgehead atoms. The topological polar surface area (TPSA) is 54.5 Å². The van der Waals surface area contributed by atoms with Crippen molar-refractivity contribution in [3.8, 4) is 0 Å². The number of piperidine rings is 1. The standard InChI is InChI=1S/C22H25NO3S/c24-22(14-11-17-7-3-1-4-8-17)23-18-12-13-19(23)16-21(15-18)27(25,26)20-9-5-2-6-10-20/h1-10,18-19,21H,11-16H2. The van der Waals surface area contributed by atoms with Crippen molar-refractivity contribution in [1.82, 2.24) is 4.90 Å².